The Kier molecular flexibility index (Phi) is 2.70. The number of halogens is 1. The van der Waals surface area contributed by atoms with E-state index in [0.29, 0.717) is 0 Å². The molecule has 1 atom stereocenters. The Morgan fingerprint density at radius 2 is 2.47 bits per heavy atom. The van der Waals surface area contributed by atoms with E-state index < -0.39 is 6.17 Å². The van der Waals surface area contributed by atoms with Gasteiger partial charge in [0, 0.05) is 23.1 Å². The second kappa shape index (κ2) is 4.00. The van der Waals surface area contributed by atoms with E-state index in [4.69, 9.17) is 5.73 Å². The lowest BCUT2D eigenvalue weighted by atomic mass is 10.3. The van der Waals surface area contributed by atoms with Crippen LogP contribution >= 0.6 is 15.9 Å². The normalized spacial score (nSPS) is 20.3. The van der Waals surface area contributed by atoms with Crippen molar-refractivity contribution in [3.63, 3.8) is 0 Å². The molecule has 0 saturated heterocycles. The van der Waals surface area contributed by atoms with E-state index in [2.05, 4.69) is 25.9 Å². The molecule has 6 heteroatoms. The minimum Gasteiger partial charge on any atom is -0.341 e. The van der Waals surface area contributed by atoms with Crippen molar-refractivity contribution in [2.75, 3.05) is 0 Å². The molecule has 78 valence electrons. The molecule has 0 fully saturated rings. The minimum absolute atomic E-state index is 0.256. The molecule has 1 aliphatic rings. The second-order valence-corrected chi connectivity index (χ2v) is 3.93. The SMILES string of the molecule is NC1C=CC(Br)=CN1C(=O)c1ncc[nH]1. The number of aromatic nitrogens is 2. The van der Waals surface area contributed by atoms with Crippen molar-refractivity contribution in [2.45, 2.75) is 6.17 Å². The first kappa shape index (κ1) is 10.1. The van der Waals surface area contributed by atoms with Gasteiger partial charge in [-0.05, 0) is 28.1 Å². The summed E-state index contributed by atoms with van der Waals surface area (Å²) in [5.41, 5.74) is 5.76. The van der Waals surface area contributed by atoms with Gasteiger partial charge in [-0.25, -0.2) is 4.98 Å². The van der Waals surface area contributed by atoms with Crippen LogP contribution in [0.1, 0.15) is 10.6 Å². The molecule has 1 amide bonds. The van der Waals surface area contributed by atoms with E-state index in [-0.39, 0.29) is 11.7 Å². The Labute approximate surface area is 94.8 Å². The summed E-state index contributed by atoms with van der Waals surface area (Å²) in [6.07, 6.45) is 7.83. The molecule has 0 aromatic carbocycles. The van der Waals surface area contributed by atoms with Crippen LogP contribution in [0.3, 0.4) is 0 Å². The van der Waals surface area contributed by atoms with E-state index in [0.717, 1.165) is 4.48 Å². The molecule has 0 saturated carbocycles. The summed E-state index contributed by atoms with van der Waals surface area (Å²) in [4.78, 5) is 19.9. The number of H-pyrrole nitrogens is 1. The third-order valence-corrected chi connectivity index (χ3v) is 2.44. The molecule has 2 rings (SSSR count). The van der Waals surface area contributed by atoms with Crippen molar-refractivity contribution < 1.29 is 4.79 Å². The molecule has 1 aromatic rings. The number of allylic oxidation sites excluding steroid dienone is 2. The van der Waals surface area contributed by atoms with Crippen molar-refractivity contribution >= 4 is 21.8 Å². The molecule has 1 aromatic heterocycles. The molecule has 0 radical (unpaired) electrons. The van der Waals surface area contributed by atoms with Gasteiger partial charge in [0.1, 0.15) is 6.17 Å². The number of rotatable bonds is 1. The van der Waals surface area contributed by atoms with Gasteiger partial charge in [-0.1, -0.05) is 0 Å². The van der Waals surface area contributed by atoms with Crippen LogP contribution in [0.15, 0.2) is 35.2 Å². The quantitative estimate of drug-likeness (QED) is 0.796. The van der Waals surface area contributed by atoms with Crippen LogP contribution in [0, 0.1) is 0 Å². The molecule has 1 unspecified atom stereocenters. The summed E-state index contributed by atoms with van der Waals surface area (Å²) < 4.78 is 0.795. The van der Waals surface area contributed by atoms with Crippen LogP contribution < -0.4 is 5.73 Å². The average Bonchev–Trinajstić information content (AvgIpc) is 2.74. The maximum Gasteiger partial charge on any atom is 0.295 e. The van der Waals surface area contributed by atoms with Crippen molar-refractivity contribution in [1.82, 2.24) is 14.9 Å². The number of carbonyl (C=O) groups is 1. The lowest BCUT2D eigenvalue weighted by molar-refractivity contribution is 0.0782. The van der Waals surface area contributed by atoms with Crippen molar-refractivity contribution in [3.8, 4) is 0 Å². The summed E-state index contributed by atoms with van der Waals surface area (Å²) in [7, 11) is 0. The standard InChI is InChI=1S/C9H9BrN4O/c10-6-1-2-7(11)14(5-6)9(15)8-12-3-4-13-8/h1-5,7H,11H2,(H,12,13). The number of carbonyl (C=O) groups excluding carboxylic acids is 1. The van der Waals surface area contributed by atoms with Gasteiger partial charge in [-0.3, -0.25) is 9.69 Å². The van der Waals surface area contributed by atoms with Gasteiger partial charge < -0.3 is 10.7 Å². The molecule has 3 N–H and O–H groups in total. The molecule has 0 aliphatic carbocycles. The van der Waals surface area contributed by atoms with Crippen LogP contribution in [0.5, 0.6) is 0 Å². The molecule has 0 bridgehead atoms. The average molecular weight is 269 g/mol. The third kappa shape index (κ3) is 2.00. The van der Waals surface area contributed by atoms with E-state index >= 15 is 0 Å². The van der Waals surface area contributed by atoms with E-state index in [1.807, 2.05) is 0 Å². The summed E-state index contributed by atoms with van der Waals surface area (Å²) >= 11 is 3.28. The number of hydrogen-bond donors (Lipinski definition) is 2. The Morgan fingerprint density at radius 3 is 3.13 bits per heavy atom. The van der Waals surface area contributed by atoms with Gasteiger partial charge in [0.05, 0.1) is 0 Å². The van der Waals surface area contributed by atoms with Gasteiger partial charge in [-0.15, -0.1) is 0 Å². The Hall–Kier alpha value is -1.40. The fraction of sp³-hybridized carbons (Fsp3) is 0.111. The first-order valence-electron chi connectivity index (χ1n) is 4.31. The summed E-state index contributed by atoms with van der Waals surface area (Å²) in [5, 5.41) is 0. The van der Waals surface area contributed by atoms with Crippen LogP contribution in [0.2, 0.25) is 0 Å². The van der Waals surface area contributed by atoms with Gasteiger partial charge in [0.2, 0.25) is 0 Å². The summed E-state index contributed by atoms with van der Waals surface area (Å²) in [5.74, 6) is 0.0195. The zero-order chi connectivity index (χ0) is 10.8. The highest BCUT2D eigenvalue weighted by Crippen LogP contribution is 2.17. The number of nitrogens with zero attached hydrogens (tertiary/aromatic N) is 2. The fourth-order valence-corrected chi connectivity index (χ4v) is 1.62. The van der Waals surface area contributed by atoms with Crippen molar-refractivity contribution in [2.24, 2.45) is 5.73 Å². The lowest BCUT2D eigenvalue weighted by Gasteiger charge is -2.25. The van der Waals surface area contributed by atoms with E-state index in [1.165, 1.54) is 11.1 Å². The van der Waals surface area contributed by atoms with E-state index in [9.17, 15) is 4.79 Å². The molecule has 5 nitrogen and oxygen atoms in total. The first-order chi connectivity index (χ1) is 7.18. The largest absolute Gasteiger partial charge is 0.341 e. The number of nitrogens with one attached hydrogen (secondary N) is 1. The third-order valence-electron chi connectivity index (χ3n) is 1.97. The van der Waals surface area contributed by atoms with Crippen LogP contribution in [-0.4, -0.2) is 26.9 Å². The topological polar surface area (TPSA) is 75.0 Å². The monoisotopic (exact) mass is 268 g/mol. The van der Waals surface area contributed by atoms with Crippen molar-refractivity contribution in [1.29, 1.82) is 0 Å². The van der Waals surface area contributed by atoms with Gasteiger partial charge >= 0.3 is 0 Å². The highest BCUT2D eigenvalue weighted by Gasteiger charge is 2.22. The van der Waals surface area contributed by atoms with Gasteiger partial charge in [-0.2, -0.15) is 0 Å². The highest BCUT2D eigenvalue weighted by molar-refractivity contribution is 9.11. The highest BCUT2D eigenvalue weighted by atomic mass is 79.9. The summed E-state index contributed by atoms with van der Waals surface area (Å²) in [6.45, 7) is 0. The van der Waals surface area contributed by atoms with Gasteiger partial charge in [0.25, 0.3) is 5.91 Å². The maximum absolute atomic E-state index is 11.9. The Morgan fingerprint density at radius 1 is 1.67 bits per heavy atom. The molecule has 2 heterocycles. The fourth-order valence-electron chi connectivity index (χ4n) is 1.24. The molecule has 15 heavy (non-hydrogen) atoms. The lowest BCUT2D eigenvalue weighted by Crippen LogP contribution is -2.42. The predicted molar refractivity (Wildman–Crippen MR) is 58.9 cm³/mol. The Balaban J connectivity index is 2.25. The molecular formula is C9H9BrN4O. The van der Waals surface area contributed by atoms with Crippen LogP contribution in [0.4, 0.5) is 0 Å². The van der Waals surface area contributed by atoms with Crippen molar-refractivity contribution in [3.05, 3.63) is 41.1 Å². The molecular weight excluding hydrogens is 260 g/mol. The van der Waals surface area contributed by atoms with E-state index in [1.54, 1.807) is 24.5 Å². The van der Waals surface area contributed by atoms with Gasteiger partial charge in [0.15, 0.2) is 5.82 Å². The Bertz CT molecular complexity index is 423. The predicted octanol–water partition coefficient (Wildman–Crippen LogP) is 0.943. The van der Waals surface area contributed by atoms with Crippen LogP contribution in [-0.2, 0) is 0 Å². The van der Waals surface area contributed by atoms with Crippen LogP contribution in [0.25, 0.3) is 0 Å². The first-order valence-corrected chi connectivity index (χ1v) is 5.11. The zero-order valence-corrected chi connectivity index (χ0v) is 9.31. The number of nitrogens with two attached hydrogens (primary N) is 1. The zero-order valence-electron chi connectivity index (χ0n) is 7.72. The second-order valence-electron chi connectivity index (χ2n) is 3.01. The number of imidazole rings is 1. The smallest absolute Gasteiger partial charge is 0.295 e. The number of aromatic amines is 1. The molecule has 1 aliphatic heterocycles. The summed E-state index contributed by atoms with van der Waals surface area (Å²) in [6, 6.07) is 0. The maximum atomic E-state index is 11.9. The number of amides is 1. The minimum atomic E-state index is -0.455. The molecule has 0 spiro atoms. The number of hydrogen-bond acceptors (Lipinski definition) is 3.